The topological polar surface area (TPSA) is 120 Å². The van der Waals surface area contributed by atoms with Crippen molar-refractivity contribution < 1.29 is 33.3 Å². The average molecular weight is 577 g/mol. The summed E-state index contributed by atoms with van der Waals surface area (Å²) in [6, 6.07) is 17.6. The number of para-hydroxylation sites is 1. The Hall–Kier alpha value is -4.70. The first-order valence-electron chi connectivity index (χ1n) is 13.6. The van der Waals surface area contributed by atoms with Gasteiger partial charge in [0.05, 0.1) is 21.3 Å². The molecule has 0 radical (unpaired) electrons. The van der Waals surface area contributed by atoms with Gasteiger partial charge in [-0.15, -0.1) is 0 Å². The van der Waals surface area contributed by atoms with Crippen LogP contribution in [0.25, 0.3) is 22.3 Å². The molecule has 0 unspecified atom stereocenters. The van der Waals surface area contributed by atoms with Crippen LogP contribution in [0.5, 0.6) is 28.7 Å². The van der Waals surface area contributed by atoms with E-state index in [2.05, 4.69) is 23.3 Å². The normalized spacial score (nSPS) is 11.0. The summed E-state index contributed by atoms with van der Waals surface area (Å²) < 4.78 is 27.3. The van der Waals surface area contributed by atoms with Crippen LogP contribution in [-0.2, 0) is 11.3 Å². The molecule has 1 heterocycles. The molecule has 10 nitrogen and oxygen atoms in total. The molecule has 0 spiro atoms. The van der Waals surface area contributed by atoms with Gasteiger partial charge >= 0.3 is 0 Å². The fraction of sp³-hybridized carbons (Fsp3) is 0.312. The molecule has 3 aromatic carbocycles. The zero-order chi connectivity index (χ0) is 30.1. The van der Waals surface area contributed by atoms with Crippen LogP contribution in [0.15, 0.2) is 69.9 Å². The highest BCUT2D eigenvalue weighted by Crippen LogP contribution is 2.42. The number of ether oxygens (including phenoxy) is 4. The molecule has 0 saturated heterocycles. The van der Waals surface area contributed by atoms with Crippen molar-refractivity contribution in [3.05, 3.63) is 76.5 Å². The number of hydrogen-bond acceptors (Lipinski definition) is 9. The van der Waals surface area contributed by atoms with Gasteiger partial charge in [0.15, 0.2) is 23.5 Å². The fourth-order valence-electron chi connectivity index (χ4n) is 4.61. The highest BCUT2D eigenvalue weighted by molar-refractivity contribution is 5.89. The van der Waals surface area contributed by atoms with E-state index in [1.54, 1.807) is 31.4 Å². The lowest BCUT2D eigenvalue weighted by atomic mass is 10.1. The number of fused-ring (bicyclic) bond motifs is 1. The molecule has 10 heteroatoms. The molecule has 0 saturated carbocycles. The standard InChI is InChI=1S/C32H36N2O8/c1-34(19-22-9-5-6-10-25(22)38-2)16-8-7-15-33-29(36)20-41-23-13-11-21(12-14-23)26-17-24(35)30-27(42-26)18-28(39-3)32(40-4)31(30)37/h5-6,9-14,17-18,37H,7-8,15-16,19-20H2,1-4H3,(H,33,36). The Morgan fingerprint density at radius 3 is 2.40 bits per heavy atom. The van der Waals surface area contributed by atoms with Crippen molar-refractivity contribution in [3.63, 3.8) is 0 Å². The first-order valence-corrected chi connectivity index (χ1v) is 13.6. The fourth-order valence-corrected chi connectivity index (χ4v) is 4.61. The van der Waals surface area contributed by atoms with Gasteiger partial charge in [-0.3, -0.25) is 9.59 Å². The van der Waals surface area contributed by atoms with Crippen LogP contribution >= 0.6 is 0 Å². The maximum atomic E-state index is 12.8. The van der Waals surface area contributed by atoms with Crippen LogP contribution in [0.1, 0.15) is 18.4 Å². The lowest BCUT2D eigenvalue weighted by Gasteiger charge is -2.18. The lowest BCUT2D eigenvalue weighted by Crippen LogP contribution is -2.30. The Kier molecular flexibility index (Phi) is 10.3. The van der Waals surface area contributed by atoms with E-state index in [0.29, 0.717) is 23.6 Å². The van der Waals surface area contributed by atoms with E-state index in [-0.39, 0.29) is 40.7 Å². The van der Waals surface area contributed by atoms with Crippen molar-refractivity contribution in [3.8, 4) is 40.1 Å². The molecular weight excluding hydrogens is 540 g/mol. The van der Waals surface area contributed by atoms with Gasteiger partial charge < -0.3 is 38.7 Å². The maximum absolute atomic E-state index is 12.8. The summed E-state index contributed by atoms with van der Waals surface area (Å²) in [6.07, 6.45) is 1.79. The molecule has 1 aromatic heterocycles. The van der Waals surface area contributed by atoms with Crippen LogP contribution < -0.4 is 29.7 Å². The number of carbonyl (C=O) groups is 1. The average Bonchev–Trinajstić information content (AvgIpc) is 2.99. The van der Waals surface area contributed by atoms with Crippen molar-refractivity contribution in [2.75, 3.05) is 48.1 Å². The molecular formula is C32H36N2O8. The number of aromatic hydroxyl groups is 1. The van der Waals surface area contributed by atoms with Crippen LogP contribution in [0.3, 0.4) is 0 Å². The second-order valence-electron chi connectivity index (χ2n) is 9.73. The molecule has 0 atom stereocenters. The quantitative estimate of drug-likeness (QED) is 0.208. The number of nitrogens with zero attached hydrogens (tertiary/aromatic N) is 1. The molecule has 42 heavy (non-hydrogen) atoms. The van der Waals surface area contributed by atoms with Crippen molar-refractivity contribution in [2.24, 2.45) is 0 Å². The van der Waals surface area contributed by atoms with E-state index in [4.69, 9.17) is 23.4 Å². The summed E-state index contributed by atoms with van der Waals surface area (Å²) in [6.45, 7) is 2.15. The molecule has 4 rings (SSSR count). The molecule has 0 bridgehead atoms. The summed E-state index contributed by atoms with van der Waals surface area (Å²) in [4.78, 5) is 27.3. The van der Waals surface area contributed by atoms with Gasteiger partial charge in [0.2, 0.25) is 5.75 Å². The van der Waals surface area contributed by atoms with E-state index in [0.717, 1.165) is 37.2 Å². The summed E-state index contributed by atoms with van der Waals surface area (Å²) in [5, 5.41) is 13.4. The third-order valence-corrected chi connectivity index (χ3v) is 6.77. The molecule has 1 amide bonds. The van der Waals surface area contributed by atoms with Crippen molar-refractivity contribution in [1.82, 2.24) is 10.2 Å². The maximum Gasteiger partial charge on any atom is 0.257 e. The number of hydrogen-bond donors (Lipinski definition) is 2. The van der Waals surface area contributed by atoms with E-state index >= 15 is 0 Å². The van der Waals surface area contributed by atoms with Crippen LogP contribution in [0, 0.1) is 0 Å². The van der Waals surface area contributed by atoms with E-state index in [9.17, 15) is 14.7 Å². The Balaban J connectivity index is 1.24. The van der Waals surface area contributed by atoms with E-state index in [1.165, 1.54) is 26.4 Å². The molecule has 4 aromatic rings. The van der Waals surface area contributed by atoms with Crippen molar-refractivity contribution in [2.45, 2.75) is 19.4 Å². The number of nitrogens with one attached hydrogen (secondary N) is 1. The van der Waals surface area contributed by atoms with Crippen molar-refractivity contribution >= 4 is 16.9 Å². The first-order chi connectivity index (χ1) is 20.3. The largest absolute Gasteiger partial charge is 0.504 e. The lowest BCUT2D eigenvalue weighted by molar-refractivity contribution is -0.123. The molecule has 0 aliphatic carbocycles. The number of benzene rings is 3. The highest BCUT2D eigenvalue weighted by atomic mass is 16.5. The SMILES string of the molecule is COc1ccccc1CN(C)CCCCNC(=O)COc1ccc(-c2cc(=O)c3c(O)c(OC)c(OC)cc3o2)cc1. The smallest absolute Gasteiger partial charge is 0.257 e. The third-order valence-electron chi connectivity index (χ3n) is 6.77. The Labute approximate surface area is 244 Å². The Bertz CT molecular complexity index is 1570. The van der Waals surface area contributed by atoms with Gasteiger partial charge in [0.1, 0.15) is 28.2 Å². The molecule has 0 fully saturated rings. The van der Waals surface area contributed by atoms with Gasteiger partial charge in [0, 0.05) is 36.3 Å². The van der Waals surface area contributed by atoms with E-state index in [1.807, 2.05) is 18.2 Å². The molecule has 222 valence electrons. The number of phenolic OH excluding ortho intramolecular Hbond substituents is 1. The van der Waals surface area contributed by atoms with Gasteiger partial charge in [-0.1, -0.05) is 18.2 Å². The predicted octanol–water partition coefficient (Wildman–Crippen LogP) is 4.60. The van der Waals surface area contributed by atoms with Gasteiger partial charge in [-0.05, 0) is 56.8 Å². The molecule has 0 aliphatic rings. The minimum absolute atomic E-state index is 0.00207. The van der Waals surface area contributed by atoms with Crippen LogP contribution in [-0.4, -0.2) is 64.0 Å². The summed E-state index contributed by atoms with van der Waals surface area (Å²) in [7, 11) is 6.54. The highest BCUT2D eigenvalue weighted by Gasteiger charge is 2.19. The van der Waals surface area contributed by atoms with Crippen LogP contribution in [0.2, 0.25) is 0 Å². The Morgan fingerprint density at radius 2 is 1.69 bits per heavy atom. The summed E-state index contributed by atoms with van der Waals surface area (Å²) in [5.41, 5.74) is 1.50. The number of unbranched alkanes of at least 4 members (excludes halogenated alkanes) is 1. The summed E-state index contributed by atoms with van der Waals surface area (Å²) >= 11 is 0. The van der Waals surface area contributed by atoms with Gasteiger partial charge in [-0.2, -0.15) is 0 Å². The second kappa shape index (κ2) is 14.3. The van der Waals surface area contributed by atoms with Crippen LogP contribution in [0.4, 0.5) is 0 Å². The zero-order valence-electron chi connectivity index (χ0n) is 24.3. The number of rotatable bonds is 14. The van der Waals surface area contributed by atoms with E-state index < -0.39 is 5.43 Å². The van der Waals surface area contributed by atoms with Gasteiger partial charge in [0.25, 0.3) is 5.91 Å². The van der Waals surface area contributed by atoms with Gasteiger partial charge in [-0.25, -0.2) is 0 Å². The Morgan fingerprint density at radius 1 is 0.952 bits per heavy atom. The number of carbonyl (C=O) groups excluding carboxylic acids is 1. The molecule has 2 N–H and O–H groups in total. The number of phenols is 1. The number of methoxy groups -OCH3 is 3. The zero-order valence-corrected chi connectivity index (χ0v) is 24.3. The first kappa shape index (κ1) is 30.3. The number of amides is 1. The predicted molar refractivity (Wildman–Crippen MR) is 160 cm³/mol. The summed E-state index contributed by atoms with van der Waals surface area (Å²) in [5.74, 6) is 1.44. The monoisotopic (exact) mass is 576 g/mol. The second-order valence-corrected chi connectivity index (χ2v) is 9.73. The third kappa shape index (κ3) is 7.32. The minimum Gasteiger partial charge on any atom is -0.504 e. The molecule has 0 aliphatic heterocycles. The minimum atomic E-state index is -0.426. The van der Waals surface area contributed by atoms with Crippen molar-refractivity contribution in [1.29, 1.82) is 0 Å².